The minimum Gasteiger partial charge on any atom is -0.507 e. The molecule has 0 aliphatic rings. The Morgan fingerprint density at radius 3 is 2.31 bits per heavy atom. The number of ether oxygens (including phenoxy) is 1. The lowest BCUT2D eigenvalue weighted by molar-refractivity contribution is 0.0161. The van der Waals surface area contributed by atoms with Gasteiger partial charge in [0.25, 0.3) is 0 Å². The van der Waals surface area contributed by atoms with E-state index in [2.05, 4.69) is 5.32 Å². The summed E-state index contributed by atoms with van der Waals surface area (Å²) in [6.07, 6.45) is -0.779. The fourth-order valence-corrected chi connectivity index (χ4v) is 4.18. The molecular weight excluding hydrogens is 402 g/mol. The van der Waals surface area contributed by atoms with Crippen LogP contribution in [0.5, 0.6) is 5.75 Å². The predicted octanol–water partition coefficient (Wildman–Crippen LogP) is 6.40. The highest BCUT2D eigenvalue weighted by atomic mass is 16.6. The molecule has 0 aliphatic carbocycles. The van der Waals surface area contributed by atoms with Gasteiger partial charge in [-0.1, -0.05) is 80.6 Å². The van der Waals surface area contributed by atoms with Crippen LogP contribution < -0.4 is 5.32 Å². The van der Waals surface area contributed by atoms with Crippen LogP contribution >= 0.6 is 0 Å². The zero-order valence-electron chi connectivity index (χ0n) is 18.2. The number of phenolic OH excluding ortho intramolecular Hbond substituents is 1. The zero-order chi connectivity index (χ0) is 22.7. The van der Waals surface area contributed by atoms with Crippen molar-refractivity contribution in [2.24, 2.45) is 5.41 Å². The van der Waals surface area contributed by atoms with Gasteiger partial charge in [-0.3, -0.25) is 5.32 Å². The lowest BCUT2D eigenvalue weighted by Crippen LogP contribution is -2.30. The Morgan fingerprint density at radius 1 is 0.906 bits per heavy atom. The van der Waals surface area contributed by atoms with E-state index in [1.165, 1.54) is 0 Å². The minimum absolute atomic E-state index is 0.0339. The Labute approximate surface area is 187 Å². The van der Waals surface area contributed by atoms with Crippen LogP contribution in [0.1, 0.15) is 31.9 Å². The van der Waals surface area contributed by atoms with Gasteiger partial charge in [0.15, 0.2) is 0 Å². The van der Waals surface area contributed by atoms with Crippen LogP contribution in [0.25, 0.3) is 21.5 Å². The molecule has 4 rings (SSSR count). The number of hydrogen-bond donors (Lipinski definition) is 3. The lowest BCUT2D eigenvalue weighted by Gasteiger charge is -2.34. The number of rotatable bonds is 6. The molecule has 164 valence electrons. The summed E-state index contributed by atoms with van der Waals surface area (Å²) in [7, 11) is 0. The number of amides is 1. The fraction of sp³-hybridized carbons (Fsp3) is 0.222. The van der Waals surface area contributed by atoms with Crippen molar-refractivity contribution in [1.29, 1.82) is 0 Å². The second-order valence-electron chi connectivity index (χ2n) is 8.62. The van der Waals surface area contributed by atoms with E-state index in [-0.39, 0.29) is 12.4 Å². The van der Waals surface area contributed by atoms with Crippen LogP contribution in [0.4, 0.5) is 10.5 Å². The highest BCUT2D eigenvalue weighted by Gasteiger charge is 2.35. The number of benzene rings is 4. The molecule has 3 N–H and O–H groups in total. The van der Waals surface area contributed by atoms with Gasteiger partial charge in [-0.15, -0.1) is 0 Å². The number of phenols is 1. The zero-order valence-corrected chi connectivity index (χ0v) is 18.2. The predicted molar refractivity (Wildman–Crippen MR) is 128 cm³/mol. The molecule has 0 bridgehead atoms. The molecule has 0 aromatic heterocycles. The summed E-state index contributed by atoms with van der Waals surface area (Å²) in [5, 5.41) is 26.3. The summed E-state index contributed by atoms with van der Waals surface area (Å²) < 4.78 is 6.01. The summed E-state index contributed by atoms with van der Waals surface area (Å²) >= 11 is 0. The second kappa shape index (κ2) is 8.89. The molecular formula is C27H27NO4. The normalized spacial score (nSPS) is 12.6. The lowest BCUT2D eigenvalue weighted by atomic mass is 9.78. The van der Waals surface area contributed by atoms with E-state index in [4.69, 9.17) is 4.74 Å². The molecule has 5 nitrogen and oxygen atoms in total. The number of carbonyl (C=O) groups is 1. The standard InChI is InChI=1S/C27H27NO4/c1-27(2,16-17-29)25(22-14-15-24(30)21-12-6-5-11-20(21)22)32-26(31)28-23-13-7-9-18-8-3-4-10-19(18)23/h3-15,25,29-30H,16-17H2,1-2H3,(H,28,31)/t25-/m0/s1. The number of aromatic hydroxyl groups is 1. The van der Waals surface area contributed by atoms with Crippen LogP contribution in [0.2, 0.25) is 0 Å². The molecule has 0 spiro atoms. The Balaban J connectivity index is 1.71. The number of anilines is 1. The first-order valence-electron chi connectivity index (χ1n) is 10.7. The Kier molecular flexibility index (Phi) is 6.01. The maximum atomic E-state index is 13.0. The second-order valence-corrected chi connectivity index (χ2v) is 8.62. The Morgan fingerprint density at radius 2 is 1.56 bits per heavy atom. The SMILES string of the molecule is CC(C)(CCO)[C@@H](OC(=O)Nc1cccc2ccccc12)c1ccc(O)c2ccccc12. The largest absolute Gasteiger partial charge is 0.507 e. The van der Waals surface area contributed by atoms with Gasteiger partial charge in [-0.25, -0.2) is 4.79 Å². The summed E-state index contributed by atoms with van der Waals surface area (Å²) in [6.45, 7) is 3.88. The van der Waals surface area contributed by atoms with Crippen molar-refractivity contribution in [3.05, 3.63) is 84.4 Å². The molecule has 4 aromatic rings. The molecule has 0 saturated heterocycles. The third-order valence-electron chi connectivity index (χ3n) is 5.93. The molecule has 0 saturated carbocycles. The van der Waals surface area contributed by atoms with Crippen LogP contribution in [0, 0.1) is 5.41 Å². The molecule has 0 radical (unpaired) electrons. The van der Waals surface area contributed by atoms with Crippen molar-refractivity contribution in [1.82, 2.24) is 0 Å². The van der Waals surface area contributed by atoms with Crippen molar-refractivity contribution >= 4 is 33.3 Å². The van der Waals surface area contributed by atoms with Crippen molar-refractivity contribution in [2.75, 3.05) is 11.9 Å². The van der Waals surface area contributed by atoms with Gasteiger partial charge in [0.1, 0.15) is 11.9 Å². The van der Waals surface area contributed by atoms with E-state index in [0.717, 1.165) is 21.7 Å². The van der Waals surface area contributed by atoms with Crippen molar-refractivity contribution in [3.8, 4) is 5.75 Å². The van der Waals surface area contributed by atoms with E-state index in [9.17, 15) is 15.0 Å². The number of nitrogens with one attached hydrogen (secondary N) is 1. The molecule has 4 aromatic carbocycles. The number of carbonyl (C=O) groups excluding carboxylic acids is 1. The van der Waals surface area contributed by atoms with Crippen LogP contribution in [-0.4, -0.2) is 22.9 Å². The smallest absolute Gasteiger partial charge is 0.412 e. The van der Waals surface area contributed by atoms with Crippen LogP contribution in [-0.2, 0) is 4.74 Å². The molecule has 1 amide bonds. The first-order valence-corrected chi connectivity index (χ1v) is 10.7. The maximum Gasteiger partial charge on any atom is 0.412 e. The molecule has 1 atom stereocenters. The number of hydrogen-bond acceptors (Lipinski definition) is 4. The van der Waals surface area contributed by atoms with E-state index in [1.807, 2.05) is 80.6 Å². The maximum absolute atomic E-state index is 13.0. The first-order chi connectivity index (χ1) is 15.4. The highest BCUT2D eigenvalue weighted by molar-refractivity contribution is 6.00. The molecule has 5 heteroatoms. The van der Waals surface area contributed by atoms with E-state index >= 15 is 0 Å². The average Bonchev–Trinajstić information content (AvgIpc) is 2.78. The number of aliphatic hydroxyl groups excluding tert-OH is 1. The third kappa shape index (κ3) is 4.25. The van der Waals surface area contributed by atoms with E-state index < -0.39 is 17.6 Å². The third-order valence-corrected chi connectivity index (χ3v) is 5.93. The highest BCUT2D eigenvalue weighted by Crippen LogP contribution is 2.43. The molecule has 0 aliphatic heterocycles. The fourth-order valence-electron chi connectivity index (χ4n) is 4.18. The van der Waals surface area contributed by atoms with E-state index in [0.29, 0.717) is 17.5 Å². The van der Waals surface area contributed by atoms with Gasteiger partial charge in [-0.2, -0.15) is 0 Å². The molecule has 32 heavy (non-hydrogen) atoms. The quantitative estimate of drug-likeness (QED) is 0.331. The monoisotopic (exact) mass is 429 g/mol. The van der Waals surface area contributed by atoms with Gasteiger partial charge >= 0.3 is 6.09 Å². The average molecular weight is 430 g/mol. The van der Waals surface area contributed by atoms with E-state index in [1.54, 1.807) is 12.1 Å². The molecule has 0 unspecified atom stereocenters. The van der Waals surface area contributed by atoms with Gasteiger partial charge in [0.05, 0.1) is 5.69 Å². The van der Waals surface area contributed by atoms with Crippen LogP contribution in [0.3, 0.4) is 0 Å². The van der Waals surface area contributed by atoms with Crippen molar-refractivity contribution < 1.29 is 19.7 Å². The number of aliphatic hydroxyl groups is 1. The van der Waals surface area contributed by atoms with Crippen LogP contribution in [0.15, 0.2) is 78.9 Å². The van der Waals surface area contributed by atoms with Gasteiger partial charge in [0.2, 0.25) is 0 Å². The van der Waals surface area contributed by atoms with Gasteiger partial charge < -0.3 is 14.9 Å². The summed E-state index contributed by atoms with van der Waals surface area (Å²) in [6, 6.07) is 24.4. The van der Waals surface area contributed by atoms with Crippen molar-refractivity contribution in [3.63, 3.8) is 0 Å². The summed E-state index contributed by atoms with van der Waals surface area (Å²) in [5.41, 5.74) is 0.900. The summed E-state index contributed by atoms with van der Waals surface area (Å²) in [5.74, 6) is 0.170. The summed E-state index contributed by atoms with van der Waals surface area (Å²) in [4.78, 5) is 13.0. The Hall–Kier alpha value is -3.57. The minimum atomic E-state index is -0.643. The molecule has 0 fully saturated rings. The first kappa shape index (κ1) is 21.7. The number of fused-ring (bicyclic) bond motifs is 2. The Bertz CT molecular complexity index is 1260. The van der Waals surface area contributed by atoms with Gasteiger partial charge in [0, 0.05) is 28.4 Å². The topological polar surface area (TPSA) is 78.8 Å². The molecule has 0 heterocycles. The van der Waals surface area contributed by atoms with Gasteiger partial charge in [-0.05, 0) is 29.3 Å². The van der Waals surface area contributed by atoms with Crippen molar-refractivity contribution in [2.45, 2.75) is 26.4 Å².